The summed E-state index contributed by atoms with van der Waals surface area (Å²) in [6.07, 6.45) is 0. The van der Waals surface area contributed by atoms with E-state index in [1.807, 2.05) is 0 Å². The van der Waals surface area contributed by atoms with Crippen LogP contribution in [0.4, 0.5) is 34.1 Å². The highest BCUT2D eigenvalue weighted by Gasteiger charge is 2.43. The number of aryl methyl sites for hydroxylation is 1. The lowest BCUT2D eigenvalue weighted by molar-refractivity contribution is 1.24. The standard InChI is InChI=1S/C51H35BN2/c1-34-32-47-51-48(33-34)54(46-27-15-13-25-44(46)52(51)43-24-12-14-26-45(43)53(47)37-18-6-3-7-19-37)38-30-28-36(29-31-38)50-41-22-10-8-20-39(41)49(35-16-4-2-5-17-35)40-21-9-11-23-42(40)50/h2-33H,1H3. The number of hydrogen-bond acceptors (Lipinski definition) is 2. The first-order valence-corrected chi connectivity index (χ1v) is 18.8. The summed E-state index contributed by atoms with van der Waals surface area (Å²) in [5.74, 6) is 0. The van der Waals surface area contributed by atoms with E-state index in [9.17, 15) is 0 Å². The van der Waals surface area contributed by atoms with E-state index in [-0.39, 0.29) is 6.71 Å². The van der Waals surface area contributed by atoms with Gasteiger partial charge in [-0.25, -0.2) is 0 Å². The van der Waals surface area contributed by atoms with Crippen LogP contribution in [0, 0.1) is 6.92 Å². The molecule has 0 saturated heterocycles. The van der Waals surface area contributed by atoms with Gasteiger partial charge in [0.05, 0.1) is 0 Å². The Labute approximate surface area is 316 Å². The maximum atomic E-state index is 2.49. The van der Waals surface area contributed by atoms with Crippen molar-refractivity contribution in [1.29, 1.82) is 0 Å². The molecule has 0 atom stereocenters. The minimum absolute atomic E-state index is 0.124. The zero-order chi connectivity index (χ0) is 35.8. The molecule has 0 saturated carbocycles. The van der Waals surface area contributed by atoms with E-state index in [1.54, 1.807) is 0 Å². The van der Waals surface area contributed by atoms with Crippen molar-refractivity contribution in [3.05, 3.63) is 200 Å². The van der Waals surface area contributed by atoms with E-state index in [0.717, 1.165) is 5.69 Å². The molecule has 9 aromatic carbocycles. The highest BCUT2D eigenvalue weighted by atomic mass is 15.2. The fourth-order valence-electron chi connectivity index (χ4n) is 9.30. The van der Waals surface area contributed by atoms with Gasteiger partial charge in [-0.05, 0) is 121 Å². The Balaban J connectivity index is 1.12. The van der Waals surface area contributed by atoms with E-state index >= 15 is 0 Å². The quantitative estimate of drug-likeness (QED) is 0.134. The molecule has 0 bridgehead atoms. The number of benzene rings is 9. The van der Waals surface area contributed by atoms with Gasteiger partial charge in [-0.2, -0.15) is 0 Å². The minimum atomic E-state index is 0.124. The molecular formula is C51H35BN2. The van der Waals surface area contributed by atoms with Crippen LogP contribution in [0.2, 0.25) is 0 Å². The average molecular weight is 687 g/mol. The molecule has 2 heterocycles. The molecular weight excluding hydrogens is 651 g/mol. The van der Waals surface area contributed by atoms with Gasteiger partial charge < -0.3 is 9.80 Å². The molecule has 0 radical (unpaired) electrons. The van der Waals surface area contributed by atoms with Crippen LogP contribution in [0.25, 0.3) is 43.8 Å². The molecule has 0 aliphatic carbocycles. The van der Waals surface area contributed by atoms with Crippen molar-refractivity contribution >= 4 is 78.8 Å². The molecule has 2 aliphatic heterocycles. The smallest absolute Gasteiger partial charge is 0.252 e. The second-order valence-electron chi connectivity index (χ2n) is 14.5. The number of para-hydroxylation sites is 3. The van der Waals surface area contributed by atoms with Crippen LogP contribution in [0.3, 0.4) is 0 Å². The summed E-state index contributed by atoms with van der Waals surface area (Å²) >= 11 is 0. The Morgan fingerprint density at radius 3 is 1.24 bits per heavy atom. The van der Waals surface area contributed by atoms with Crippen LogP contribution in [0.5, 0.6) is 0 Å². The lowest BCUT2D eigenvalue weighted by atomic mass is 9.33. The van der Waals surface area contributed by atoms with Crippen molar-refractivity contribution in [2.24, 2.45) is 0 Å². The summed E-state index contributed by atoms with van der Waals surface area (Å²) in [5.41, 5.74) is 17.5. The molecule has 0 fully saturated rings. The number of rotatable bonds is 4. The average Bonchev–Trinajstić information content (AvgIpc) is 3.23. The fourth-order valence-corrected chi connectivity index (χ4v) is 9.30. The summed E-state index contributed by atoms with van der Waals surface area (Å²) in [6, 6.07) is 71.4. The van der Waals surface area contributed by atoms with Crippen molar-refractivity contribution in [1.82, 2.24) is 0 Å². The van der Waals surface area contributed by atoms with E-state index in [0.29, 0.717) is 0 Å². The summed E-state index contributed by atoms with van der Waals surface area (Å²) < 4.78 is 0. The molecule has 0 amide bonds. The Hall–Kier alpha value is -6.84. The van der Waals surface area contributed by atoms with E-state index in [1.165, 1.54) is 94.2 Å². The van der Waals surface area contributed by atoms with Gasteiger partial charge in [-0.3, -0.25) is 0 Å². The maximum Gasteiger partial charge on any atom is 0.252 e. The highest BCUT2D eigenvalue weighted by molar-refractivity contribution is 7.00. The molecule has 2 aliphatic rings. The van der Waals surface area contributed by atoms with Gasteiger partial charge in [0.15, 0.2) is 0 Å². The maximum absolute atomic E-state index is 2.49. The van der Waals surface area contributed by atoms with E-state index in [4.69, 9.17) is 0 Å². The summed E-state index contributed by atoms with van der Waals surface area (Å²) in [5, 5.41) is 5.07. The van der Waals surface area contributed by atoms with Crippen LogP contribution in [-0.4, -0.2) is 6.71 Å². The molecule has 9 aromatic rings. The third-order valence-corrected chi connectivity index (χ3v) is 11.5. The number of fused-ring (bicyclic) bond motifs is 6. The van der Waals surface area contributed by atoms with Crippen molar-refractivity contribution in [2.45, 2.75) is 6.92 Å². The number of nitrogens with zero attached hydrogens (tertiary/aromatic N) is 2. The normalized spacial score (nSPS) is 12.8. The first-order valence-electron chi connectivity index (χ1n) is 18.8. The molecule has 54 heavy (non-hydrogen) atoms. The lowest BCUT2D eigenvalue weighted by Gasteiger charge is -2.44. The van der Waals surface area contributed by atoms with Gasteiger partial charge in [0.25, 0.3) is 6.71 Å². The summed E-state index contributed by atoms with van der Waals surface area (Å²) in [7, 11) is 0. The van der Waals surface area contributed by atoms with E-state index < -0.39 is 0 Å². The third kappa shape index (κ3) is 4.55. The zero-order valence-electron chi connectivity index (χ0n) is 29.9. The third-order valence-electron chi connectivity index (χ3n) is 11.5. The SMILES string of the molecule is Cc1cc2c3c(c1)N(c1ccc(-c4c5ccccc5c(-c5ccccc5)c5ccccc45)cc1)c1ccccc1B3c1ccccc1N2c1ccccc1. The first kappa shape index (κ1) is 30.8. The van der Waals surface area contributed by atoms with Crippen LogP contribution in [0.1, 0.15) is 5.56 Å². The Morgan fingerprint density at radius 2 is 0.741 bits per heavy atom. The van der Waals surface area contributed by atoms with Crippen molar-refractivity contribution in [2.75, 3.05) is 9.80 Å². The number of anilines is 6. The Kier molecular flexibility index (Phi) is 6.90. The van der Waals surface area contributed by atoms with Gasteiger partial charge >= 0.3 is 0 Å². The molecule has 0 spiro atoms. The second-order valence-corrected chi connectivity index (χ2v) is 14.5. The van der Waals surface area contributed by atoms with Crippen LogP contribution < -0.4 is 26.2 Å². The molecule has 3 heteroatoms. The predicted molar refractivity (Wildman–Crippen MR) is 231 cm³/mol. The molecule has 252 valence electrons. The monoisotopic (exact) mass is 686 g/mol. The molecule has 2 nitrogen and oxygen atoms in total. The zero-order valence-corrected chi connectivity index (χ0v) is 29.9. The van der Waals surface area contributed by atoms with Crippen LogP contribution in [0.15, 0.2) is 194 Å². The summed E-state index contributed by atoms with van der Waals surface area (Å²) in [6.45, 7) is 2.35. The largest absolute Gasteiger partial charge is 0.311 e. The summed E-state index contributed by atoms with van der Waals surface area (Å²) in [4.78, 5) is 4.95. The predicted octanol–water partition coefficient (Wildman–Crippen LogP) is 11.7. The van der Waals surface area contributed by atoms with Gasteiger partial charge in [-0.1, -0.05) is 146 Å². The van der Waals surface area contributed by atoms with Gasteiger partial charge in [0, 0.05) is 34.1 Å². The van der Waals surface area contributed by atoms with E-state index in [2.05, 4.69) is 211 Å². The Morgan fingerprint density at radius 1 is 0.352 bits per heavy atom. The minimum Gasteiger partial charge on any atom is -0.311 e. The lowest BCUT2D eigenvalue weighted by Crippen LogP contribution is -2.61. The molecule has 0 aromatic heterocycles. The second kappa shape index (κ2) is 12.1. The molecule has 0 N–H and O–H groups in total. The first-order chi connectivity index (χ1) is 26.7. The van der Waals surface area contributed by atoms with Crippen LogP contribution >= 0.6 is 0 Å². The van der Waals surface area contributed by atoms with Gasteiger partial charge in [-0.15, -0.1) is 0 Å². The number of hydrogen-bond donors (Lipinski definition) is 0. The fraction of sp³-hybridized carbons (Fsp3) is 0.0196. The van der Waals surface area contributed by atoms with Crippen molar-refractivity contribution in [3.63, 3.8) is 0 Å². The molecule has 11 rings (SSSR count). The topological polar surface area (TPSA) is 6.48 Å². The van der Waals surface area contributed by atoms with Crippen LogP contribution in [-0.2, 0) is 0 Å². The van der Waals surface area contributed by atoms with Gasteiger partial charge in [0.2, 0.25) is 0 Å². The van der Waals surface area contributed by atoms with Crippen molar-refractivity contribution < 1.29 is 0 Å². The van der Waals surface area contributed by atoms with Gasteiger partial charge in [0.1, 0.15) is 0 Å². The van der Waals surface area contributed by atoms with Crippen molar-refractivity contribution in [3.8, 4) is 22.3 Å². The molecule has 0 unspecified atom stereocenters. The Bertz CT molecular complexity index is 2840. The highest BCUT2D eigenvalue weighted by Crippen LogP contribution is 2.47.